The Morgan fingerprint density at radius 1 is 1.39 bits per heavy atom. The van der Waals surface area contributed by atoms with Crippen LogP contribution in [0, 0.1) is 12.8 Å². The number of aromatic nitrogens is 2. The molecule has 2 unspecified atom stereocenters. The van der Waals surface area contributed by atoms with Crippen molar-refractivity contribution in [2.45, 2.75) is 38.7 Å². The molecule has 1 saturated carbocycles. The second kappa shape index (κ2) is 6.00. The number of nitrogens with zero attached hydrogens (tertiary/aromatic N) is 2. The standard InChI is InChI=1S/C13H22N4O/c1-9-6-12(17-13(14-2)16-9)15-8-10-4-3-5-11(18)7-10/h6,10-11,18H,3-5,7-8H2,1-2H3,(H2,14,15,16,17). The fraction of sp³-hybridized carbons (Fsp3) is 0.692. The van der Waals surface area contributed by atoms with Crippen LogP contribution < -0.4 is 10.6 Å². The molecule has 100 valence electrons. The summed E-state index contributed by atoms with van der Waals surface area (Å²) in [4.78, 5) is 8.62. The molecule has 0 radical (unpaired) electrons. The highest BCUT2D eigenvalue weighted by atomic mass is 16.3. The molecular weight excluding hydrogens is 228 g/mol. The van der Waals surface area contributed by atoms with Gasteiger partial charge in [0.1, 0.15) is 5.82 Å². The highest BCUT2D eigenvalue weighted by molar-refractivity contribution is 5.41. The van der Waals surface area contributed by atoms with E-state index in [0.29, 0.717) is 11.9 Å². The second-order valence-electron chi connectivity index (χ2n) is 5.04. The van der Waals surface area contributed by atoms with Gasteiger partial charge in [-0.05, 0) is 32.1 Å². The van der Waals surface area contributed by atoms with Crippen molar-refractivity contribution in [3.63, 3.8) is 0 Å². The number of aryl methyl sites for hydroxylation is 1. The van der Waals surface area contributed by atoms with E-state index < -0.39 is 0 Å². The lowest BCUT2D eigenvalue weighted by Gasteiger charge is -2.26. The number of aliphatic hydroxyl groups is 1. The summed E-state index contributed by atoms with van der Waals surface area (Å²) in [7, 11) is 1.82. The number of hydrogen-bond donors (Lipinski definition) is 3. The maximum atomic E-state index is 9.64. The van der Waals surface area contributed by atoms with Gasteiger partial charge in [0, 0.05) is 25.4 Å². The third kappa shape index (κ3) is 3.57. The number of rotatable bonds is 4. The lowest BCUT2D eigenvalue weighted by Crippen LogP contribution is -2.25. The zero-order valence-corrected chi connectivity index (χ0v) is 11.1. The van der Waals surface area contributed by atoms with Crippen molar-refractivity contribution >= 4 is 11.8 Å². The average Bonchev–Trinajstić information content (AvgIpc) is 2.36. The molecule has 0 aromatic carbocycles. The summed E-state index contributed by atoms with van der Waals surface area (Å²) in [6.07, 6.45) is 4.04. The van der Waals surface area contributed by atoms with E-state index in [1.807, 2.05) is 20.0 Å². The molecule has 1 fully saturated rings. The van der Waals surface area contributed by atoms with Crippen LogP contribution in [0.2, 0.25) is 0 Å². The van der Waals surface area contributed by atoms with E-state index >= 15 is 0 Å². The second-order valence-corrected chi connectivity index (χ2v) is 5.04. The van der Waals surface area contributed by atoms with Crippen molar-refractivity contribution in [3.8, 4) is 0 Å². The molecule has 0 spiro atoms. The Balaban J connectivity index is 1.91. The molecule has 2 atom stereocenters. The molecule has 5 heteroatoms. The first-order chi connectivity index (χ1) is 8.67. The van der Waals surface area contributed by atoms with E-state index in [0.717, 1.165) is 37.3 Å². The summed E-state index contributed by atoms with van der Waals surface area (Å²) in [6, 6.07) is 1.94. The summed E-state index contributed by atoms with van der Waals surface area (Å²) < 4.78 is 0. The van der Waals surface area contributed by atoms with Gasteiger partial charge in [0.15, 0.2) is 0 Å². The van der Waals surface area contributed by atoms with Crippen LogP contribution in [0.15, 0.2) is 6.07 Å². The van der Waals surface area contributed by atoms with Crippen molar-refractivity contribution in [2.75, 3.05) is 24.2 Å². The maximum absolute atomic E-state index is 9.64. The number of nitrogens with one attached hydrogen (secondary N) is 2. The van der Waals surface area contributed by atoms with Crippen LogP contribution in [0.5, 0.6) is 0 Å². The molecule has 0 bridgehead atoms. The van der Waals surface area contributed by atoms with Gasteiger partial charge in [-0.3, -0.25) is 0 Å². The highest BCUT2D eigenvalue weighted by Gasteiger charge is 2.19. The Kier molecular flexibility index (Phi) is 4.36. The summed E-state index contributed by atoms with van der Waals surface area (Å²) in [5, 5.41) is 15.9. The highest BCUT2D eigenvalue weighted by Crippen LogP contribution is 2.24. The van der Waals surface area contributed by atoms with E-state index in [2.05, 4.69) is 20.6 Å². The molecule has 1 aliphatic rings. The van der Waals surface area contributed by atoms with Gasteiger partial charge in [-0.25, -0.2) is 4.98 Å². The van der Waals surface area contributed by atoms with Crippen molar-refractivity contribution in [2.24, 2.45) is 5.92 Å². The van der Waals surface area contributed by atoms with Gasteiger partial charge in [-0.1, -0.05) is 6.42 Å². The van der Waals surface area contributed by atoms with Gasteiger partial charge < -0.3 is 15.7 Å². The van der Waals surface area contributed by atoms with Crippen LogP contribution in [0.1, 0.15) is 31.4 Å². The van der Waals surface area contributed by atoms with Crippen molar-refractivity contribution in [3.05, 3.63) is 11.8 Å². The lowest BCUT2D eigenvalue weighted by molar-refractivity contribution is 0.104. The number of aliphatic hydroxyl groups excluding tert-OH is 1. The zero-order chi connectivity index (χ0) is 13.0. The molecule has 0 saturated heterocycles. The van der Waals surface area contributed by atoms with Crippen LogP contribution >= 0.6 is 0 Å². The van der Waals surface area contributed by atoms with Crippen LogP contribution in [0.4, 0.5) is 11.8 Å². The summed E-state index contributed by atoms with van der Waals surface area (Å²) in [5.41, 5.74) is 0.945. The lowest BCUT2D eigenvalue weighted by atomic mass is 9.87. The largest absolute Gasteiger partial charge is 0.393 e. The Morgan fingerprint density at radius 2 is 2.22 bits per heavy atom. The minimum absolute atomic E-state index is 0.120. The van der Waals surface area contributed by atoms with Gasteiger partial charge in [0.25, 0.3) is 0 Å². The maximum Gasteiger partial charge on any atom is 0.224 e. The van der Waals surface area contributed by atoms with E-state index in [1.165, 1.54) is 6.42 Å². The topological polar surface area (TPSA) is 70.1 Å². The number of anilines is 2. The van der Waals surface area contributed by atoms with E-state index in [9.17, 15) is 5.11 Å². The van der Waals surface area contributed by atoms with Gasteiger partial charge in [-0.15, -0.1) is 0 Å². The molecule has 0 aliphatic heterocycles. The summed E-state index contributed by atoms with van der Waals surface area (Å²) >= 11 is 0. The van der Waals surface area contributed by atoms with Gasteiger partial charge in [0.05, 0.1) is 6.10 Å². The average molecular weight is 250 g/mol. The fourth-order valence-electron chi connectivity index (χ4n) is 2.47. The third-order valence-electron chi connectivity index (χ3n) is 3.40. The molecule has 1 aromatic heterocycles. The third-order valence-corrected chi connectivity index (χ3v) is 3.40. The SMILES string of the molecule is CNc1nc(C)cc(NCC2CCCC(O)C2)n1. The minimum atomic E-state index is -0.120. The normalized spacial score (nSPS) is 23.7. The van der Waals surface area contributed by atoms with Crippen molar-refractivity contribution in [1.29, 1.82) is 0 Å². The molecule has 18 heavy (non-hydrogen) atoms. The molecular formula is C13H22N4O. The Bertz CT molecular complexity index is 397. The number of hydrogen-bond acceptors (Lipinski definition) is 5. The van der Waals surface area contributed by atoms with Crippen LogP contribution in [0.25, 0.3) is 0 Å². The predicted octanol–water partition coefficient (Wildman–Crippen LogP) is 1.79. The zero-order valence-electron chi connectivity index (χ0n) is 11.1. The molecule has 1 heterocycles. The molecule has 2 rings (SSSR count). The minimum Gasteiger partial charge on any atom is -0.393 e. The van der Waals surface area contributed by atoms with Crippen LogP contribution in [-0.2, 0) is 0 Å². The first-order valence-electron chi connectivity index (χ1n) is 6.62. The van der Waals surface area contributed by atoms with Gasteiger partial charge >= 0.3 is 0 Å². The molecule has 1 aliphatic carbocycles. The Morgan fingerprint density at radius 3 is 2.94 bits per heavy atom. The first kappa shape index (κ1) is 13.1. The Labute approximate surface area is 108 Å². The van der Waals surface area contributed by atoms with Gasteiger partial charge in [-0.2, -0.15) is 4.98 Å². The summed E-state index contributed by atoms with van der Waals surface area (Å²) in [5.74, 6) is 2.04. The summed E-state index contributed by atoms with van der Waals surface area (Å²) in [6.45, 7) is 2.83. The van der Waals surface area contributed by atoms with Crippen LogP contribution in [-0.4, -0.2) is 34.8 Å². The predicted molar refractivity (Wildman–Crippen MR) is 72.8 cm³/mol. The smallest absolute Gasteiger partial charge is 0.224 e. The van der Waals surface area contributed by atoms with Crippen LogP contribution in [0.3, 0.4) is 0 Å². The Hall–Kier alpha value is -1.36. The fourth-order valence-corrected chi connectivity index (χ4v) is 2.47. The molecule has 5 nitrogen and oxygen atoms in total. The van der Waals surface area contributed by atoms with Gasteiger partial charge in [0.2, 0.25) is 5.95 Å². The van der Waals surface area contributed by atoms with E-state index in [1.54, 1.807) is 0 Å². The molecule has 3 N–H and O–H groups in total. The quantitative estimate of drug-likeness (QED) is 0.760. The molecule has 0 amide bonds. The van der Waals surface area contributed by atoms with Crippen molar-refractivity contribution < 1.29 is 5.11 Å². The van der Waals surface area contributed by atoms with Crippen molar-refractivity contribution in [1.82, 2.24) is 9.97 Å². The molecule has 1 aromatic rings. The first-order valence-corrected chi connectivity index (χ1v) is 6.62. The van der Waals surface area contributed by atoms with E-state index in [4.69, 9.17) is 0 Å². The van der Waals surface area contributed by atoms with E-state index in [-0.39, 0.29) is 6.10 Å². The monoisotopic (exact) mass is 250 g/mol.